The van der Waals surface area contributed by atoms with Gasteiger partial charge in [-0.25, -0.2) is 0 Å². The van der Waals surface area contributed by atoms with Gasteiger partial charge in [-0.15, -0.1) is 25.3 Å². The van der Waals surface area contributed by atoms with Crippen LogP contribution in [-0.4, -0.2) is 25.3 Å². The van der Waals surface area contributed by atoms with Crippen LogP contribution in [0.2, 0.25) is 0 Å². The summed E-state index contributed by atoms with van der Waals surface area (Å²) in [5, 5.41) is 0. The first-order valence-corrected chi connectivity index (χ1v) is 5.82. The molecule has 0 saturated carbocycles. The zero-order valence-electron chi connectivity index (χ0n) is 8.58. The normalized spacial score (nSPS) is 7.62. The van der Waals surface area contributed by atoms with Gasteiger partial charge in [-0.05, 0) is 13.8 Å². The van der Waals surface area contributed by atoms with Crippen LogP contribution in [0.4, 0.5) is 0 Å². The highest BCUT2D eigenvalue weighted by Gasteiger charge is 1.79. The van der Waals surface area contributed by atoms with Crippen molar-refractivity contribution in [1.29, 1.82) is 0 Å². The molecule has 0 aliphatic rings. The topological polar surface area (TPSA) is 102 Å². The standard InChI is InChI=1S/C8H10.2O3S/c1-7-3-5-8(2)6-4-7;2*1-4(2)3/h3-6H,1-2H3;;. The second-order valence-corrected chi connectivity index (χ2v) is 3.38. The molecule has 0 aliphatic heterocycles. The Bertz CT molecular complexity index is 432. The SMILES string of the molecule is Cc1ccc(C)cc1.O=S(=O)=O.O=S(=O)=O. The van der Waals surface area contributed by atoms with E-state index in [-0.39, 0.29) is 0 Å². The van der Waals surface area contributed by atoms with Gasteiger partial charge >= 0.3 is 21.2 Å². The Balaban J connectivity index is 0. The third-order valence-corrected chi connectivity index (χ3v) is 1.22. The molecule has 1 aromatic carbocycles. The molecule has 6 nitrogen and oxygen atoms in total. The lowest BCUT2D eigenvalue weighted by Crippen LogP contribution is -1.70. The molecule has 0 atom stereocenters. The summed E-state index contributed by atoms with van der Waals surface area (Å²) in [5.41, 5.74) is 2.66. The number of benzene rings is 1. The number of hydrogen-bond donors (Lipinski definition) is 0. The highest BCUT2D eigenvalue weighted by molar-refractivity contribution is 7.59. The van der Waals surface area contributed by atoms with Gasteiger partial charge in [0, 0.05) is 0 Å². The monoisotopic (exact) mass is 266 g/mol. The molecule has 0 amide bonds. The van der Waals surface area contributed by atoms with E-state index in [9.17, 15) is 0 Å². The van der Waals surface area contributed by atoms with Crippen LogP contribution >= 0.6 is 0 Å². The fourth-order valence-corrected chi connectivity index (χ4v) is 0.637. The average molecular weight is 266 g/mol. The van der Waals surface area contributed by atoms with Gasteiger partial charge in [0.2, 0.25) is 0 Å². The first-order valence-electron chi connectivity index (χ1n) is 3.82. The fraction of sp³-hybridized carbons (Fsp3) is 0.250. The summed E-state index contributed by atoms with van der Waals surface area (Å²) in [7, 11) is -6.22. The summed E-state index contributed by atoms with van der Waals surface area (Å²) >= 11 is 0. The molecule has 0 fully saturated rings. The van der Waals surface area contributed by atoms with Gasteiger partial charge in [-0.1, -0.05) is 35.4 Å². The van der Waals surface area contributed by atoms with Crippen molar-refractivity contribution in [1.82, 2.24) is 0 Å². The largest absolute Gasteiger partial charge is 0.425 e. The molecule has 8 heteroatoms. The Labute approximate surface area is 96.1 Å². The molecule has 90 valence electrons. The van der Waals surface area contributed by atoms with Gasteiger partial charge in [-0.3, -0.25) is 0 Å². The minimum Gasteiger partial charge on any atom is -0.142 e. The van der Waals surface area contributed by atoms with Crippen molar-refractivity contribution in [2.75, 3.05) is 0 Å². The van der Waals surface area contributed by atoms with E-state index in [1.807, 2.05) is 0 Å². The predicted molar refractivity (Wildman–Crippen MR) is 55.3 cm³/mol. The first kappa shape index (κ1) is 16.9. The van der Waals surface area contributed by atoms with Crippen molar-refractivity contribution in [2.24, 2.45) is 0 Å². The Morgan fingerprint density at radius 3 is 0.875 bits per heavy atom. The molecule has 0 aromatic heterocycles. The maximum Gasteiger partial charge on any atom is 0.425 e. The molecule has 0 saturated heterocycles. The third-order valence-electron chi connectivity index (χ3n) is 1.22. The molecule has 0 aliphatic carbocycles. The molecule has 0 radical (unpaired) electrons. The van der Waals surface area contributed by atoms with E-state index >= 15 is 0 Å². The Hall–Kier alpha value is -1.54. The summed E-state index contributed by atoms with van der Waals surface area (Å²) in [5.74, 6) is 0. The lowest BCUT2D eigenvalue weighted by Gasteiger charge is -1.90. The third kappa shape index (κ3) is 22.9. The van der Waals surface area contributed by atoms with Gasteiger partial charge in [0.05, 0.1) is 0 Å². The smallest absolute Gasteiger partial charge is 0.142 e. The van der Waals surface area contributed by atoms with E-state index in [0.717, 1.165) is 0 Å². The zero-order chi connectivity index (χ0) is 13.1. The molecule has 1 aromatic rings. The van der Waals surface area contributed by atoms with E-state index in [0.29, 0.717) is 0 Å². The average Bonchev–Trinajstić information content (AvgIpc) is 2.08. The van der Waals surface area contributed by atoms with Gasteiger partial charge in [0.15, 0.2) is 0 Å². The van der Waals surface area contributed by atoms with Crippen LogP contribution in [-0.2, 0) is 21.2 Å². The molecule has 0 heterocycles. The quantitative estimate of drug-likeness (QED) is 0.669. The van der Waals surface area contributed by atoms with E-state index in [1.165, 1.54) is 11.1 Å². The van der Waals surface area contributed by atoms with E-state index < -0.39 is 21.2 Å². The van der Waals surface area contributed by atoms with Crippen molar-refractivity contribution in [3.05, 3.63) is 35.4 Å². The van der Waals surface area contributed by atoms with Crippen molar-refractivity contribution in [3.8, 4) is 0 Å². The summed E-state index contributed by atoms with van der Waals surface area (Å²) < 4.78 is 50.7. The van der Waals surface area contributed by atoms with Crippen LogP contribution in [0.3, 0.4) is 0 Å². The molecular formula is C8H10O6S2. The van der Waals surface area contributed by atoms with Gasteiger partial charge < -0.3 is 0 Å². The maximum atomic E-state index is 8.44. The molecule has 0 spiro atoms. The molecular weight excluding hydrogens is 256 g/mol. The second kappa shape index (κ2) is 9.99. The van der Waals surface area contributed by atoms with Crippen molar-refractivity contribution in [2.45, 2.75) is 13.8 Å². The summed E-state index contributed by atoms with van der Waals surface area (Å²) in [6, 6.07) is 8.48. The summed E-state index contributed by atoms with van der Waals surface area (Å²) in [4.78, 5) is 0. The van der Waals surface area contributed by atoms with Gasteiger partial charge in [0.25, 0.3) is 0 Å². The van der Waals surface area contributed by atoms with Crippen LogP contribution in [0.25, 0.3) is 0 Å². The predicted octanol–water partition coefficient (Wildman–Crippen LogP) is 0.295. The summed E-state index contributed by atoms with van der Waals surface area (Å²) in [6.07, 6.45) is 0. The minimum atomic E-state index is -3.11. The minimum absolute atomic E-state index is 1.33. The number of aryl methyl sites for hydroxylation is 2. The van der Waals surface area contributed by atoms with Crippen LogP contribution in [0.1, 0.15) is 11.1 Å². The van der Waals surface area contributed by atoms with Crippen LogP contribution < -0.4 is 0 Å². The van der Waals surface area contributed by atoms with Crippen LogP contribution in [0.5, 0.6) is 0 Å². The number of hydrogen-bond acceptors (Lipinski definition) is 6. The maximum absolute atomic E-state index is 8.44. The highest BCUT2D eigenvalue weighted by atomic mass is 32.2. The molecule has 16 heavy (non-hydrogen) atoms. The first-order chi connectivity index (χ1) is 7.25. The molecule has 0 unspecified atom stereocenters. The highest BCUT2D eigenvalue weighted by Crippen LogP contribution is 1.99. The fourth-order valence-electron chi connectivity index (χ4n) is 0.637. The van der Waals surface area contributed by atoms with Crippen molar-refractivity contribution >= 4 is 21.2 Å². The summed E-state index contributed by atoms with van der Waals surface area (Å²) in [6.45, 7) is 4.19. The Morgan fingerprint density at radius 1 is 0.625 bits per heavy atom. The van der Waals surface area contributed by atoms with E-state index in [4.69, 9.17) is 25.3 Å². The van der Waals surface area contributed by atoms with Crippen molar-refractivity contribution in [3.63, 3.8) is 0 Å². The van der Waals surface area contributed by atoms with E-state index in [1.54, 1.807) is 0 Å². The van der Waals surface area contributed by atoms with Gasteiger partial charge in [-0.2, -0.15) is 0 Å². The van der Waals surface area contributed by atoms with Gasteiger partial charge in [0.1, 0.15) is 0 Å². The number of rotatable bonds is 0. The second-order valence-electron chi connectivity index (χ2n) is 2.56. The van der Waals surface area contributed by atoms with Crippen molar-refractivity contribution < 1.29 is 25.3 Å². The lowest BCUT2D eigenvalue weighted by molar-refractivity contribution is 0.557. The van der Waals surface area contributed by atoms with Crippen LogP contribution in [0.15, 0.2) is 24.3 Å². The Kier molecular flexibility index (Phi) is 10.5. The Morgan fingerprint density at radius 2 is 0.750 bits per heavy atom. The molecule has 0 N–H and O–H groups in total. The zero-order valence-corrected chi connectivity index (χ0v) is 10.2. The molecule has 0 bridgehead atoms. The lowest BCUT2D eigenvalue weighted by atomic mass is 10.2. The van der Waals surface area contributed by atoms with E-state index in [2.05, 4.69) is 38.1 Å². The molecule has 1 rings (SSSR count). The van der Waals surface area contributed by atoms with Crippen LogP contribution in [0, 0.1) is 13.8 Å².